The van der Waals surface area contributed by atoms with Gasteiger partial charge in [0, 0.05) is 6.42 Å². The van der Waals surface area contributed by atoms with Crippen molar-refractivity contribution in [2.24, 2.45) is 5.41 Å². The number of allylic oxidation sites excluding steroid dienone is 3. The average Bonchev–Trinajstić information content (AvgIpc) is 2.64. The molecule has 0 spiro atoms. The lowest BCUT2D eigenvalue weighted by atomic mass is 9.78. The van der Waals surface area contributed by atoms with Crippen LogP contribution in [0.5, 0.6) is 5.75 Å². The summed E-state index contributed by atoms with van der Waals surface area (Å²) in [5.41, 5.74) is 4.13. The van der Waals surface area contributed by atoms with Gasteiger partial charge in [0.1, 0.15) is 5.75 Å². The van der Waals surface area contributed by atoms with Crippen LogP contribution >= 0.6 is 0 Å². The normalized spacial score (nSPS) is 12.3. The Bertz CT molecular complexity index is 574. The van der Waals surface area contributed by atoms with Crippen LogP contribution in [0.4, 0.5) is 0 Å². The molecule has 0 saturated heterocycles. The van der Waals surface area contributed by atoms with Gasteiger partial charge in [0.15, 0.2) is 0 Å². The van der Waals surface area contributed by atoms with Gasteiger partial charge >= 0.3 is 0 Å². The summed E-state index contributed by atoms with van der Waals surface area (Å²) in [4.78, 5) is 0. The van der Waals surface area contributed by atoms with E-state index < -0.39 is 6.10 Å². The minimum absolute atomic E-state index is 0.195. The highest BCUT2D eigenvalue weighted by Crippen LogP contribution is 2.33. The van der Waals surface area contributed by atoms with Crippen LogP contribution in [0.25, 0.3) is 0 Å². The van der Waals surface area contributed by atoms with Crippen LogP contribution in [0.1, 0.15) is 97.3 Å². The van der Waals surface area contributed by atoms with Gasteiger partial charge < -0.3 is 10.2 Å². The Labute approximate surface area is 181 Å². The van der Waals surface area contributed by atoms with E-state index in [4.69, 9.17) is 0 Å². The molecule has 0 aliphatic heterocycles. The zero-order valence-electron chi connectivity index (χ0n) is 20.7. The van der Waals surface area contributed by atoms with Crippen molar-refractivity contribution in [1.82, 2.24) is 0 Å². The van der Waals surface area contributed by atoms with Crippen LogP contribution in [-0.4, -0.2) is 16.3 Å². The van der Waals surface area contributed by atoms with Crippen molar-refractivity contribution in [2.75, 3.05) is 0 Å². The Hall–Kier alpha value is -1.54. The highest BCUT2D eigenvalue weighted by Gasteiger charge is 2.28. The molecule has 168 valence electrons. The van der Waals surface area contributed by atoms with Crippen LogP contribution in [0.2, 0.25) is 0 Å². The van der Waals surface area contributed by atoms with Gasteiger partial charge in [-0.3, -0.25) is 0 Å². The Kier molecular flexibility index (Phi) is 16.6. The number of aliphatic hydroxyl groups is 1. The molecule has 0 aromatic heterocycles. The number of phenols is 1. The third-order valence-electron chi connectivity index (χ3n) is 4.92. The van der Waals surface area contributed by atoms with E-state index >= 15 is 0 Å². The third kappa shape index (κ3) is 12.6. The molecule has 2 N–H and O–H groups in total. The van der Waals surface area contributed by atoms with Gasteiger partial charge in [-0.15, -0.1) is 6.58 Å². The molecule has 1 aromatic rings. The standard InChI is InChI=1S/C22H34O2.C3H8.C2H6/c1-7-8-10-16(2)11-9-12-22(5,6)21(24)15-19-18(4)13-17(3)14-20(19)23;1-3-2;1-2/h7,11,13-14,21,23-24H,1,8-10,12,15H2,2-6H3;3H2,1-2H3;1-2H3/b16-11+;;. The minimum atomic E-state index is -0.480. The molecule has 0 bridgehead atoms. The maximum atomic E-state index is 10.7. The molecule has 0 radical (unpaired) electrons. The fourth-order valence-electron chi connectivity index (χ4n) is 3.00. The molecule has 2 heteroatoms. The van der Waals surface area contributed by atoms with Gasteiger partial charge in [-0.25, -0.2) is 0 Å². The first kappa shape index (κ1) is 29.7. The fourth-order valence-corrected chi connectivity index (χ4v) is 3.00. The third-order valence-corrected chi connectivity index (χ3v) is 4.92. The van der Waals surface area contributed by atoms with E-state index in [-0.39, 0.29) is 5.41 Å². The molecule has 1 atom stereocenters. The zero-order valence-corrected chi connectivity index (χ0v) is 20.7. The molecule has 2 nitrogen and oxygen atoms in total. The lowest BCUT2D eigenvalue weighted by Crippen LogP contribution is -2.31. The minimum Gasteiger partial charge on any atom is -0.508 e. The topological polar surface area (TPSA) is 40.5 Å². The summed E-state index contributed by atoms with van der Waals surface area (Å²) in [5, 5.41) is 20.9. The monoisotopic (exact) mass is 404 g/mol. The van der Waals surface area contributed by atoms with Gasteiger partial charge in [-0.05, 0) is 74.6 Å². The summed E-state index contributed by atoms with van der Waals surface area (Å²) < 4.78 is 0. The van der Waals surface area contributed by atoms with Crippen molar-refractivity contribution in [3.8, 4) is 5.75 Å². The summed E-state index contributed by atoms with van der Waals surface area (Å²) in [6.45, 7) is 22.3. The summed E-state index contributed by atoms with van der Waals surface area (Å²) in [5.74, 6) is 0.294. The Morgan fingerprint density at radius 3 is 2.17 bits per heavy atom. The largest absolute Gasteiger partial charge is 0.508 e. The molecule has 1 rings (SSSR count). The fraction of sp³-hybridized carbons (Fsp3) is 0.630. The first-order valence-corrected chi connectivity index (χ1v) is 11.3. The van der Waals surface area contributed by atoms with Crippen molar-refractivity contribution in [2.45, 2.75) is 107 Å². The molecule has 0 fully saturated rings. The Balaban J connectivity index is 0. The van der Waals surface area contributed by atoms with E-state index in [1.807, 2.05) is 33.8 Å². The van der Waals surface area contributed by atoms with Crippen LogP contribution in [-0.2, 0) is 6.42 Å². The first-order chi connectivity index (χ1) is 13.6. The van der Waals surface area contributed by atoms with Crippen molar-refractivity contribution >= 4 is 0 Å². The van der Waals surface area contributed by atoms with Crippen LogP contribution in [0.15, 0.2) is 36.4 Å². The average molecular weight is 405 g/mol. The number of phenolic OH excluding ortho intramolecular Hbond substituents is 1. The number of aliphatic hydroxyl groups excluding tert-OH is 1. The maximum Gasteiger partial charge on any atom is 0.119 e. The van der Waals surface area contributed by atoms with Crippen LogP contribution < -0.4 is 0 Å². The highest BCUT2D eigenvalue weighted by molar-refractivity contribution is 5.42. The van der Waals surface area contributed by atoms with E-state index in [0.717, 1.165) is 42.4 Å². The molecule has 29 heavy (non-hydrogen) atoms. The molecule has 0 saturated carbocycles. The zero-order chi connectivity index (χ0) is 23.0. The number of aryl methyl sites for hydroxylation is 2. The van der Waals surface area contributed by atoms with E-state index in [1.165, 1.54) is 12.0 Å². The predicted octanol–water partition coefficient (Wildman–Crippen LogP) is 8.07. The molecule has 0 aliphatic rings. The van der Waals surface area contributed by atoms with E-state index in [1.54, 1.807) is 6.07 Å². The second-order valence-electron chi connectivity index (χ2n) is 8.41. The first-order valence-electron chi connectivity index (χ1n) is 11.3. The molecule has 1 aromatic carbocycles. The van der Waals surface area contributed by atoms with Crippen molar-refractivity contribution in [1.29, 1.82) is 0 Å². The second kappa shape index (κ2) is 16.3. The van der Waals surface area contributed by atoms with Crippen molar-refractivity contribution in [3.05, 3.63) is 53.1 Å². The summed E-state index contributed by atoms with van der Waals surface area (Å²) >= 11 is 0. The van der Waals surface area contributed by atoms with Gasteiger partial charge in [0.05, 0.1) is 6.10 Å². The maximum absolute atomic E-state index is 10.7. The van der Waals surface area contributed by atoms with E-state index in [0.29, 0.717) is 12.2 Å². The lowest BCUT2D eigenvalue weighted by Gasteiger charge is -2.31. The summed E-state index contributed by atoms with van der Waals surface area (Å²) in [6.07, 6.45) is 9.44. The number of hydrogen-bond donors (Lipinski definition) is 2. The summed E-state index contributed by atoms with van der Waals surface area (Å²) in [6, 6.07) is 3.83. The van der Waals surface area contributed by atoms with Crippen LogP contribution in [0, 0.1) is 19.3 Å². The lowest BCUT2D eigenvalue weighted by molar-refractivity contribution is 0.0446. The number of benzene rings is 1. The Morgan fingerprint density at radius 1 is 1.14 bits per heavy atom. The van der Waals surface area contributed by atoms with Gasteiger partial charge in [-0.2, -0.15) is 0 Å². The number of hydrogen-bond acceptors (Lipinski definition) is 2. The quantitative estimate of drug-likeness (QED) is 0.408. The van der Waals surface area contributed by atoms with E-state index in [9.17, 15) is 10.2 Å². The van der Waals surface area contributed by atoms with Crippen molar-refractivity contribution in [3.63, 3.8) is 0 Å². The molecule has 0 amide bonds. The molecule has 0 aliphatic carbocycles. The second-order valence-corrected chi connectivity index (χ2v) is 8.41. The van der Waals surface area contributed by atoms with Gasteiger partial charge in [-0.1, -0.05) is 71.8 Å². The smallest absolute Gasteiger partial charge is 0.119 e. The number of aromatic hydroxyl groups is 1. The van der Waals surface area contributed by atoms with Crippen molar-refractivity contribution < 1.29 is 10.2 Å². The molecular formula is C27H48O2. The predicted molar refractivity (Wildman–Crippen MR) is 131 cm³/mol. The SMILES string of the molecule is C=CCC/C(C)=C/CCC(C)(C)C(O)Cc1c(C)cc(C)cc1O.CC.CCC. The van der Waals surface area contributed by atoms with Crippen LogP contribution in [0.3, 0.4) is 0 Å². The van der Waals surface area contributed by atoms with E-state index in [2.05, 4.69) is 53.3 Å². The summed E-state index contributed by atoms with van der Waals surface area (Å²) in [7, 11) is 0. The van der Waals surface area contributed by atoms with Gasteiger partial charge in [0.25, 0.3) is 0 Å². The highest BCUT2D eigenvalue weighted by atomic mass is 16.3. The number of rotatable bonds is 9. The molecule has 0 heterocycles. The molecular weight excluding hydrogens is 356 g/mol. The molecule has 1 unspecified atom stereocenters. The van der Waals surface area contributed by atoms with Gasteiger partial charge in [0.2, 0.25) is 0 Å². The Morgan fingerprint density at radius 2 is 1.69 bits per heavy atom.